The molecule has 2 saturated heterocycles. The Morgan fingerprint density at radius 3 is 1.10 bits per heavy atom. The van der Waals surface area contributed by atoms with E-state index in [1.807, 2.05) is 0 Å². The molecule has 62 heteroatoms. The summed E-state index contributed by atoms with van der Waals surface area (Å²) in [5.74, 6) is -38.8. The molecule has 2 fully saturated rings. The fourth-order valence-corrected chi connectivity index (χ4v) is 6.10. The second-order valence-electron chi connectivity index (χ2n) is 17.3. The molecule has 0 amide bonds. The maximum atomic E-state index is 15.4. The maximum absolute atomic E-state index is 15.4. The van der Waals surface area contributed by atoms with E-state index in [9.17, 15) is 166 Å². The number of esters is 2. The lowest BCUT2D eigenvalue weighted by molar-refractivity contribution is -0.468. The first-order valence-electron chi connectivity index (χ1n) is 21.9. The molecule has 0 saturated carbocycles. The van der Waals surface area contributed by atoms with E-state index in [0.717, 1.165) is 0 Å². The van der Waals surface area contributed by atoms with Crippen molar-refractivity contribution in [3.8, 4) is 0 Å². The van der Waals surface area contributed by atoms with Gasteiger partial charge < -0.3 is 37.9 Å². The molecule has 0 bridgehead atoms. The van der Waals surface area contributed by atoms with Crippen LogP contribution in [0.25, 0.3) is 0 Å². The number of ether oxygens (including phenoxy) is 12. The third-order valence-electron chi connectivity index (χ3n) is 9.25. The number of carbonyl (C=O) groups excluding carboxylic acids is 2. The van der Waals surface area contributed by atoms with E-state index in [1.54, 1.807) is 0 Å². The van der Waals surface area contributed by atoms with Crippen LogP contribution in [0, 0.1) is 0 Å². The van der Waals surface area contributed by atoms with E-state index in [-0.39, 0.29) is 6.92 Å². The van der Waals surface area contributed by atoms with Gasteiger partial charge in [0.25, 0.3) is 0 Å². The van der Waals surface area contributed by atoms with Crippen LogP contribution < -0.4 is 0 Å². The normalized spacial score (nSPS) is 24.0. The number of alkyl halides is 32. The standard InChI is InChI=1S/C17H13F19O9S.C17H17F15O9S.F2.2O2S/c1-8(4-41-7(37)14(29,16(31,32)33)44-11(23,24)2-10(20,21)22)42-9(19,5-40-6-13(27,28)46(36,38)39)15(30,43-8)17(34,35)45-12(25,26)3-18;1-11(6-37-10(33)16(28,17(29,30)31)41-13(22,23)4-12(19,20)21)39-8(2-36-7-15(26,27)42(32,34)35)9(40-11)3-38-14(24,25)5-18;1-2;2*1-3-2/h2-6H2,1H3;8-9H,2-7H2,1H3;;;. The molecule has 96 heavy (non-hydrogen) atoms. The maximum Gasteiger partial charge on any atom is 0.460 e. The van der Waals surface area contributed by atoms with Crippen molar-refractivity contribution in [1.29, 1.82) is 0 Å². The van der Waals surface area contributed by atoms with Crippen LogP contribution in [0.3, 0.4) is 0 Å². The first kappa shape index (κ1) is 95.7. The van der Waals surface area contributed by atoms with Crippen molar-refractivity contribution in [3.05, 3.63) is 0 Å². The molecule has 574 valence electrons. The zero-order valence-electron chi connectivity index (χ0n) is 44.7. The summed E-state index contributed by atoms with van der Waals surface area (Å²) in [4.78, 5) is 23.5. The van der Waals surface area contributed by atoms with E-state index in [0.29, 0.717) is 6.92 Å². The molecule has 0 aromatic carbocycles. The molecule has 0 aliphatic carbocycles. The Hall–Kier alpha value is -4.44. The number of halogens is 36. The molecule has 2 rings (SSSR count). The molecular weight excluding hydrogens is 1570 g/mol. The van der Waals surface area contributed by atoms with Gasteiger partial charge in [-0.05, 0) is 13.8 Å². The van der Waals surface area contributed by atoms with Crippen molar-refractivity contribution in [3.63, 3.8) is 0 Å². The Bertz CT molecular complexity index is 2800. The third-order valence-corrected chi connectivity index (χ3v) is 10.9. The van der Waals surface area contributed by atoms with Gasteiger partial charge in [0.15, 0.2) is 13.3 Å². The highest BCUT2D eigenvalue weighted by Crippen LogP contribution is 2.56. The van der Waals surface area contributed by atoms with Crippen LogP contribution in [0.2, 0.25) is 0 Å². The lowest BCUT2D eigenvalue weighted by Crippen LogP contribution is -2.62. The second kappa shape index (κ2) is 33.8. The third kappa shape index (κ3) is 28.7. The van der Waals surface area contributed by atoms with Crippen LogP contribution in [0.4, 0.5) is 157 Å². The highest BCUT2D eigenvalue weighted by molar-refractivity contribution is 7.87. The number of carbonyl (C=O) groups is 2. The van der Waals surface area contributed by atoms with E-state index in [1.165, 1.54) is 0 Å². The van der Waals surface area contributed by atoms with Crippen LogP contribution in [0.15, 0.2) is 0 Å². The molecule has 0 N–H and O–H groups in total. The lowest BCUT2D eigenvalue weighted by Gasteiger charge is -2.35. The average Bonchev–Trinajstić information content (AvgIpc) is 1.54. The molecule has 0 aromatic rings. The van der Waals surface area contributed by atoms with Gasteiger partial charge in [-0.15, -0.1) is 0 Å². The first-order valence-corrected chi connectivity index (χ1v) is 26.0. The summed E-state index contributed by atoms with van der Waals surface area (Å²) in [5, 5.41) is -10.9. The minimum Gasteiger partial charge on any atom is -0.455 e. The smallest absolute Gasteiger partial charge is 0.455 e. The molecular formula is C34H30F36O22S4. The van der Waals surface area contributed by atoms with Crippen molar-refractivity contribution in [2.45, 2.75) is 140 Å². The quantitative estimate of drug-likeness (QED) is 0.0368. The summed E-state index contributed by atoms with van der Waals surface area (Å²) >= 11 is -1.50. The van der Waals surface area contributed by atoms with Gasteiger partial charge in [0.1, 0.15) is 58.1 Å². The average molecular weight is 1600 g/mol. The van der Waals surface area contributed by atoms with Crippen LogP contribution in [0.5, 0.6) is 0 Å². The molecule has 2 aliphatic heterocycles. The summed E-state index contributed by atoms with van der Waals surface area (Å²) in [7, 11) is -13.5. The number of hydrogen-bond donors (Lipinski definition) is 0. The van der Waals surface area contributed by atoms with Gasteiger partial charge in [0.05, 0.1) is 13.2 Å². The van der Waals surface area contributed by atoms with Gasteiger partial charge >= 0.3 is 145 Å². The van der Waals surface area contributed by atoms with Gasteiger partial charge in [-0.1, -0.05) is 7.77 Å². The summed E-state index contributed by atoms with van der Waals surface area (Å²) < 4.78 is 582. The fraction of sp³-hybridized carbons (Fsp3) is 0.941. The Labute approximate surface area is 512 Å². The van der Waals surface area contributed by atoms with E-state index >= 15 is 8.78 Å². The molecule has 8 atom stereocenters. The lowest BCUT2D eigenvalue weighted by atomic mass is 10.1. The SMILES string of the molecule is CC1(COC(=O)C(F)(OC(F)(F)CC(F)(F)F)C(F)(F)F)OC(COCC(F)(F)S(=O)(=O)F)C(COC(F)(F)CF)O1.CC1(COC(=O)C(F)(OC(F)(F)CC(F)(F)F)C(F)(F)F)OC(F)(COCC(F)(F)S(=O)(=O)F)C(F)(C(F)(F)OC(F)(F)CF)O1.FF.O=S=O.O=S=O. The summed E-state index contributed by atoms with van der Waals surface area (Å²) in [6.45, 7) is -20.9. The van der Waals surface area contributed by atoms with Gasteiger partial charge in [-0.3, -0.25) is 14.2 Å². The Balaban J connectivity index is -0.00000163. The van der Waals surface area contributed by atoms with Crippen molar-refractivity contribution in [2.75, 3.05) is 59.6 Å². The topological polar surface area (TPSA) is 281 Å². The highest BCUT2D eigenvalue weighted by atomic mass is 32.3. The molecule has 0 radical (unpaired) electrons. The summed E-state index contributed by atoms with van der Waals surface area (Å²) in [6, 6.07) is 0. The van der Waals surface area contributed by atoms with E-state index in [2.05, 4.69) is 47.4 Å². The van der Waals surface area contributed by atoms with Gasteiger partial charge in [0.2, 0.25) is 11.6 Å². The molecule has 0 aromatic heterocycles. The van der Waals surface area contributed by atoms with Crippen LogP contribution >= 0.6 is 0 Å². The number of rotatable bonds is 30. The highest BCUT2D eigenvalue weighted by Gasteiger charge is 2.82. The largest absolute Gasteiger partial charge is 0.460 e. The van der Waals surface area contributed by atoms with Crippen LogP contribution in [0.1, 0.15) is 26.7 Å². The van der Waals surface area contributed by atoms with Crippen molar-refractivity contribution in [1.82, 2.24) is 0 Å². The van der Waals surface area contributed by atoms with Gasteiger partial charge in [-0.25, -0.2) is 27.5 Å². The fourth-order valence-electron chi connectivity index (χ4n) is 5.65. The molecule has 0 spiro atoms. The minimum absolute atomic E-state index is 0.243. The predicted octanol–water partition coefficient (Wildman–Crippen LogP) is 9.30. The summed E-state index contributed by atoms with van der Waals surface area (Å²) in [5.41, 5.74) is 0. The van der Waals surface area contributed by atoms with E-state index in [4.69, 9.17) is 35.5 Å². The Morgan fingerprint density at radius 2 is 0.792 bits per heavy atom. The summed E-state index contributed by atoms with van der Waals surface area (Å²) in [6.07, 6.45) is -66.4. The zero-order chi connectivity index (χ0) is 77.5. The predicted molar refractivity (Wildman–Crippen MR) is 217 cm³/mol. The second-order valence-corrected chi connectivity index (χ2v) is 20.5. The van der Waals surface area contributed by atoms with Crippen LogP contribution in [-0.2, 0) is 110 Å². The Kier molecular flexibility index (Phi) is 33.7. The van der Waals surface area contributed by atoms with Crippen molar-refractivity contribution in [2.24, 2.45) is 0 Å². The van der Waals surface area contributed by atoms with Crippen molar-refractivity contribution < 1.29 is 258 Å². The van der Waals surface area contributed by atoms with Crippen molar-refractivity contribution >= 4 is 55.5 Å². The van der Waals surface area contributed by atoms with E-state index < -0.39 is 241 Å². The number of hydrogen-bond acceptors (Lipinski definition) is 22. The molecule has 2 aliphatic rings. The first-order chi connectivity index (χ1) is 42.2. The van der Waals surface area contributed by atoms with Gasteiger partial charge in [-0.2, -0.15) is 161 Å². The minimum atomic E-state index is -7.10. The van der Waals surface area contributed by atoms with Gasteiger partial charge in [0, 0.05) is 9.15 Å². The molecule has 2 heterocycles. The Morgan fingerprint density at radius 1 is 0.469 bits per heavy atom. The monoisotopic (exact) mass is 1600 g/mol. The molecule has 8 unspecified atom stereocenters. The van der Waals surface area contributed by atoms with Crippen LogP contribution in [-0.4, -0.2) is 218 Å². The zero-order valence-corrected chi connectivity index (χ0v) is 47.9. The molecule has 22 nitrogen and oxygen atoms in total.